The lowest BCUT2D eigenvalue weighted by molar-refractivity contribution is 0.285. The van der Waals surface area contributed by atoms with E-state index in [2.05, 4.69) is 6.92 Å². The third-order valence-corrected chi connectivity index (χ3v) is 4.25. The average molecular weight is 180 g/mol. The van der Waals surface area contributed by atoms with Crippen molar-refractivity contribution >= 4 is 0 Å². The Bertz CT molecular complexity index is 146. The highest BCUT2D eigenvalue weighted by molar-refractivity contribution is 4.82. The van der Waals surface area contributed by atoms with E-state index < -0.39 is 0 Å². The van der Waals surface area contributed by atoms with Crippen molar-refractivity contribution in [2.24, 2.45) is 17.8 Å². The molecule has 0 aliphatic heterocycles. The van der Waals surface area contributed by atoms with Crippen LogP contribution in [0.2, 0.25) is 0 Å². The molecule has 2 fully saturated rings. The molecule has 0 spiro atoms. The molecule has 2 saturated carbocycles. The van der Waals surface area contributed by atoms with E-state index in [4.69, 9.17) is 0 Å². The Morgan fingerprint density at radius 3 is 2.08 bits per heavy atom. The Morgan fingerprint density at radius 2 is 1.38 bits per heavy atom. The highest BCUT2D eigenvalue weighted by Crippen LogP contribution is 2.43. The number of hydrogen-bond acceptors (Lipinski definition) is 0. The summed E-state index contributed by atoms with van der Waals surface area (Å²) >= 11 is 0. The van der Waals surface area contributed by atoms with Crippen LogP contribution in [0.15, 0.2) is 0 Å². The van der Waals surface area contributed by atoms with Crippen molar-refractivity contribution in [3.05, 3.63) is 0 Å². The lowest BCUT2D eigenvalue weighted by Crippen LogP contribution is -2.11. The zero-order chi connectivity index (χ0) is 9.10. The summed E-state index contributed by atoms with van der Waals surface area (Å²) in [6.07, 6.45) is 13.8. The maximum absolute atomic E-state index is 2.37. The molecule has 2 aliphatic carbocycles. The van der Waals surface area contributed by atoms with E-state index in [1.54, 1.807) is 25.7 Å². The maximum atomic E-state index is 2.37. The quantitative estimate of drug-likeness (QED) is 0.591. The summed E-state index contributed by atoms with van der Waals surface area (Å²) in [5.41, 5.74) is 0. The van der Waals surface area contributed by atoms with Gasteiger partial charge in [0.2, 0.25) is 0 Å². The molecule has 2 rings (SSSR count). The van der Waals surface area contributed by atoms with Crippen molar-refractivity contribution in [3.8, 4) is 0 Å². The average Bonchev–Trinajstić information content (AvgIpc) is 2.88. The molecule has 0 amide bonds. The van der Waals surface area contributed by atoms with Crippen LogP contribution in [0.1, 0.15) is 64.7 Å². The summed E-state index contributed by atoms with van der Waals surface area (Å²) in [5, 5.41) is 0. The van der Waals surface area contributed by atoms with Crippen LogP contribution in [-0.2, 0) is 0 Å². The van der Waals surface area contributed by atoms with Crippen molar-refractivity contribution < 1.29 is 0 Å². The molecule has 2 unspecified atom stereocenters. The van der Waals surface area contributed by atoms with Gasteiger partial charge in [-0.2, -0.15) is 0 Å². The largest absolute Gasteiger partial charge is 0.0651 e. The van der Waals surface area contributed by atoms with E-state index in [0.29, 0.717) is 0 Å². The van der Waals surface area contributed by atoms with Crippen molar-refractivity contribution in [2.45, 2.75) is 64.7 Å². The van der Waals surface area contributed by atoms with Gasteiger partial charge < -0.3 is 0 Å². The summed E-state index contributed by atoms with van der Waals surface area (Å²) < 4.78 is 0. The fourth-order valence-corrected chi connectivity index (χ4v) is 3.03. The van der Waals surface area contributed by atoms with Gasteiger partial charge in [0.1, 0.15) is 0 Å². The smallest absolute Gasteiger partial charge is 0.0386 e. The molecular weight excluding hydrogens is 156 g/mol. The predicted octanol–water partition coefficient (Wildman–Crippen LogP) is 4.39. The number of rotatable bonds is 2. The van der Waals surface area contributed by atoms with Gasteiger partial charge in [0.05, 0.1) is 0 Å². The Balaban J connectivity index is 1.79. The molecule has 0 bridgehead atoms. The first-order valence-corrected chi connectivity index (χ1v) is 6.40. The Labute approximate surface area is 83.1 Å². The van der Waals surface area contributed by atoms with Gasteiger partial charge in [-0.05, 0) is 37.0 Å². The van der Waals surface area contributed by atoms with Gasteiger partial charge in [0.25, 0.3) is 0 Å². The molecule has 0 heteroatoms. The van der Waals surface area contributed by atoms with Crippen molar-refractivity contribution in [1.29, 1.82) is 0 Å². The second-order valence-corrected chi connectivity index (χ2v) is 5.23. The molecule has 0 aromatic rings. The molecule has 0 heterocycles. The second-order valence-electron chi connectivity index (χ2n) is 5.23. The first-order valence-electron chi connectivity index (χ1n) is 6.40. The lowest BCUT2D eigenvalue weighted by Gasteiger charge is -2.24. The predicted molar refractivity (Wildman–Crippen MR) is 57.7 cm³/mol. The summed E-state index contributed by atoms with van der Waals surface area (Å²) in [5.74, 6) is 3.37. The molecule has 0 radical (unpaired) electrons. The monoisotopic (exact) mass is 180 g/mol. The summed E-state index contributed by atoms with van der Waals surface area (Å²) in [6.45, 7) is 2.37. The minimum atomic E-state index is 1.07. The second kappa shape index (κ2) is 4.48. The van der Waals surface area contributed by atoms with Crippen LogP contribution in [0, 0.1) is 17.8 Å². The minimum absolute atomic E-state index is 1.07. The van der Waals surface area contributed by atoms with E-state index in [1.165, 1.54) is 32.1 Å². The summed E-state index contributed by atoms with van der Waals surface area (Å²) in [6, 6.07) is 0. The highest BCUT2D eigenvalue weighted by Gasteiger charge is 2.31. The van der Waals surface area contributed by atoms with E-state index in [9.17, 15) is 0 Å². The third-order valence-electron chi connectivity index (χ3n) is 4.25. The molecule has 76 valence electrons. The zero-order valence-corrected chi connectivity index (χ0v) is 9.10. The highest BCUT2D eigenvalue weighted by atomic mass is 14.4. The maximum Gasteiger partial charge on any atom is -0.0386 e. The summed E-state index contributed by atoms with van der Waals surface area (Å²) in [7, 11) is 0. The van der Waals surface area contributed by atoms with Gasteiger partial charge in [-0.25, -0.2) is 0 Å². The molecule has 13 heavy (non-hydrogen) atoms. The Kier molecular flexibility index (Phi) is 3.29. The van der Waals surface area contributed by atoms with Crippen molar-refractivity contribution in [2.75, 3.05) is 0 Å². The van der Waals surface area contributed by atoms with Gasteiger partial charge in [0, 0.05) is 0 Å². The molecule has 0 aromatic carbocycles. The van der Waals surface area contributed by atoms with Gasteiger partial charge >= 0.3 is 0 Å². The molecule has 2 atom stereocenters. The van der Waals surface area contributed by atoms with E-state index in [1.807, 2.05) is 0 Å². The zero-order valence-electron chi connectivity index (χ0n) is 9.10. The SMILES string of the molecule is CCC1CCCCC(C2CC2)CC1. The third kappa shape index (κ3) is 2.72. The topological polar surface area (TPSA) is 0 Å². The van der Waals surface area contributed by atoms with Gasteiger partial charge in [-0.15, -0.1) is 0 Å². The molecule has 0 aromatic heterocycles. The number of hydrogen-bond donors (Lipinski definition) is 0. The van der Waals surface area contributed by atoms with Crippen LogP contribution in [0.4, 0.5) is 0 Å². The summed E-state index contributed by atoms with van der Waals surface area (Å²) in [4.78, 5) is 0. The molecule has 2 aliphatic rings. The van der Waals surface area contributed by atoms with Crippen LogP contribution >= 0.6 is 0 Å². The fraction of sp³-hybridized carbons (Fsp3) is 1.00. The van der Waals surface area contributed by atoms with Crippen LogP contribution in [0.25, 0.3) is 0 Å². The van der Waals surface area contributed by atoms with Crippen LogP contribution in [0.3, 0.4) is 0 Å². The van der Waals surface area contributed by atoms with Crippen molar-refractivity contribution in [3.63, 3.8) is 0 Å². The van der Waals surface area contributed by atoms with Crippen LogP contribution in [-0.4, -0.2) is 0 Å². The van der Waals surface area contributed by atoms with Crippen molar-refractivity contribution in [1.82, 2.24) is 0 Å². The molecule has 0 saturated heterocycles. The van der Waals surface area contributed by atoms with Crippen LogP contribution < -0.4 is 0 Å². The van der Waals surface area contributed by atoms with Gasteiger partial charge in [-0.1, -0.05) is 45.4 Å². The standard InChI is InChI=1S/C13H24/c1-2-11-5-3-4-6-12(8-7-11)13-9-10-13/h11-13H,2-10H2,1H3. The van der Waals surface area contributed by atoms with E-state index in [-0.39, 0.29) is 0 Å². The van der Waals surface area contributed by atoms with E-state index in [0.717, 1.165) is 17.8 Å². The Hall–Kier alpha value is 0. The molecule has 0 nitrogen and oxygen atoms in total. The van der Waals surface area contributed by atoms with Gasteiger partial charge in [-0.3, -0.25) is 0 Å². The molecular formula is C13H24. The van der Waals surface area contributed by atoms with Crippen LogP contribution in [0.5, 0.6) is 0 Å². The first-order chi connectivity index (χ1) is 6.40. The fourth-order valence-electron chi connectivity index (χ4n) is 3.03. The first kappa shape index (κ1) is 9.55. The van der Waals surface area contributed by atoms with E-state index >= 15 is 0 Å². The lowest BCUT2D eigenvalue weighted by atomic mass is 9.82. The Morgan fingerprint density at radius 1 is 0.769 bits per heavy atom. The minimum Gasteiger partial charge on any atom is -0.0651 e. The van der Waals surface area contributed by atoms with Gasteiger partial charge in [0.15, 0.2) is 0 Å². The normalized spacial score (nSPS) is 36.7. The molecule has 0 N–H and O–H groups in total.